The Kier molecular flexibility index (Phi) is 10.0. The molecule has 0 saturated carbocycles. The lowest BCUT2D eigenvalue weighted by Gasteiger charge is -2.42. The maximum Gasteiger partial charge on any atom is 0.473 e. The quantitative estimate of drug-likeness (QED) is 0.120. The summed E-state index contributed by atoms with van der Waals surface area (Å²) in [7, 11) is 0.970. The van der Waals surface area contributed by atoms with Crippen LogP contribution in [0.3, 0.4) is 0 Å². The summed E-state index contributed by atoms with van der Waals surface area (Å²) in [6, 6.07) is 0. The summed E-state index contributed by atoms with van der Waals surface area (Å²) in [4.78, 5) is 11.4. The van der Waals surface area contributed by atoms with Crippen LogP contribution in [0.25, 0.3) is 0 Å². The molecular weight excluding hydrogens is 613 g/mol. The van der Waals surface area contributed by atoms with Gasteiger partial charge in [-0.05, 0) is 12.8 Å². The van der Waals surface area contributed by atoms with Gasteiger partial charge in [-0.15, -0.1) is 0 Å². The van der Waals surface area contributed by atoms with E-state index in [4.69, 9.17) is 4.55 Å². The molecule has 38 heavy (non-hydrogen) atoms. The molecule has 0 spiro atoms. The highest BCUT2D eigenvalue weighted by Crippen LogP contribution is 2.64. The van der Waals surface area contributed by atoms with E-state index in [0.717, 1.165) is 7.05 Å². The Bertz CT molecular complexity index is 918. The molecule has 0 radical (unpaired) electrons. The minimum Gasteiger partial charge on any atom is -0.393 e. The minimum atomic E-state index is -8.80. The zero-order valence-electron chi connectivity index (χ0n) is 17.8. The predicted molar refractivity (Wildman–Crippen MR) is 88.6 cm³/mol. The number of hydrogen-bond acceptors (Lipinski definition) is 3. The van der Waals surface area contributed by atoms with Gasteiger partial charge in [0.1, 0.15) is 0 Å². The van der Waals surface area contributed by atoms with Crippen LogP contribution < -0.4 is 0 Å². The smallest absolute Gasteiger partial charge is 0.393 e. The number of ether oxygens (including phenoxy) is 1. The highest BCUT2D eigenvalue weighted by molar-refractivity contribution is 7.76. The molecule has 23 heteroatoms. The molecule has 1 N–H and O–H groups in total. The largest absolute Gasteiger partial charge is 0.473 e. The molecule has 0 aromatic heterocycles. The minimum absolute atomic E-state index is 0.460. The van der Waals surface area contributed by atoms with E-state index < -0.39 is 90.0 Å². The monoisotopic (exact) mass is 625 g/mol. The van der Waals surface area contributed by atoms with Crippen LogP contribution in [0.2, 0.25) is 0 Å². The topological polar surface area (TPSA) is 66.8 Å². The van der Waals surface area contributed by atoms with Crippen LogP contribution in [0, 0.1) is 0 Å². The van der Waals surface area contributed by atoms with E-state index in [1.165, 1.54) is 0 Å². The molecule has 1 atom stereocenters. The zero-order chi connectivity index (χ0) is 31.1. The highest BCUT2D eigenvalue weighted by Gasteiger charge is 2.95. The second kappa shape index (κ2) is 10.6. The Labute approximate surface area is 202 Å². The molecule has 5 nitrogen and oxygen atoms in total. The van der Waals surface area contributed by atoms with Gasteiger partial charge in [-0.3, -0.25) is 4.55 Å². The molecular formula is C15H12F17NO4S. The van der Waals surface area contributed by atoms with Crippen LogP contribution in [-0.2, 0) is 20.8 Å². The van der Waals surface area contributed by atoms with Gasteiger partial charge in [0, 0.05) is 19.2 Å². The lowest BCUT2D eigenvalue weighted by molar-refractivity contribution is -0.473. The van der Waals surface area contributed by atoms with E-state index in [2.05, 4.69) is 11.3 Å². The Hall–Kier alpha value is -1.91. The van der Waals surface area contributed by atoms with Crippen LogP contribution in [-0.4, -0.2) is 80.4 Å². The van der Waals surface area contributed by atoms with Crippen LogP contribution in [0.15, 0.2) is 12.2 Å². The van der Waals surface area contributed by atoms with E-state index in [0.29, 0.717) is 4.31 Å². The molecule has 0 rings (SSSR count). The van der Waals surface area contributed by atoms with E-state index in [-0.39, 0.29) is 0 Å². The van der Waals surface area contributed by atoms with E-state index in [1.807, 2.05) is 0 Å². The molecule has 0 bridgehead atoms. The number of carbonyl (C=O) groups is 1. The molecule has 1 unspecified atom stereocenters. The fourth-order valence-corrected chi connectivity index (χ4v) is 2.38. The third-order valence-electron chi connectivity index (χ3n) is 4.42. The van der Waals surface area contributed by atoms with Gasteiger partial charge in [0.05, 0.1) is 0 Å². The molecule has 0 fully saturated rings. The highest BCUT2D eigenvalue weighted by atomic mass is 32.2. The molecule has 0 aliphatic rings. The van der Waals surface area contributed by atoms with Crippen molar-refractivity contribution in [2.45, 2.75) is 60.7 Å². The Morgan fingerprint density at radius 2 is 1.08 bits per heavy atom. The first-order valence-electron chi connectivity index (χ1n) is 8.83. The van der Waals surface area contributed by atoms with E-state index in [1.54, 1.807) is 0 Å². The Balaban J connectivity index is 6.21. The average Bonchev–Trinajstić information content (AvgIpc) is 2.71. The number of halogens is 17. The van der Waals surface area contributed by atoms with Gasteiger partial charge >= 0.3 is 53.8 Å². The van der Waals surface area contributed by atoms with Crippen molar-refractivity contribution in [1.29, 1.82) is 0 Å². The predicted octanol–water partition coefficient (Wildman–Crippen LogP) is 5.90. The number of carbonyl (C=O) groups excluding carboxylic acids is 1. The maximum absolute atomic E-state index is 13.7. The van der Waals surface area contributed by atoms with Crippen LogP contribution in [0.4, 0.5) is 74.6 Å². The van der Waals surface area contributed by atoms with Crippen molar-refractivity contribution in [2.24, 2.45) is 0 Å². The van der Waals surface area contributed by atoms with E-state index in [9.17, 15) is 83.6 Å². The second-order valence-electron chi connectivity index (χ2n) is 7.14. The molecule has 0 saturated heterocycles. The zero-order valence-corrected chi connectivity index (χ0v) is 18.6. The fraction of sp³-hybridized carbons (Fsp3) is 0.800. The molecule has 0 heterocycles. The Morgan fingerprint density at radius 1 is 0.737 bits per heavy atom. The summed E-state index contributed by atoms with van der Waals surface area (Å²) in [6.07, 6.45) is -16.6. The van der Waals surface area contributed by atoms with Crippen molar-refractivity contribution in [2.75, 3.05) is 13.6 Å². The summed E-state index contributed by atoms with van der Waals surface area (Å²) in [5, 5.41) is 0. The van der Waals surface area contributed by atoms with Gasteiger partial charge in [-0.2, -0.15) is 74.6 Å². The van der Waals surface area contributed by atoms with Gasteiger partial charge in [-0.25, -0.2) is 13.3 Å². The molecule has 0 aliphatic carbocycles. The first kappa shape index (κ1) is 36.1. The van der Waals surface area contributed by atoms with Crippen molar-refractivity contribution < 1.29 is 92.9 Å². The molecule has 0 aromatic carbocycles. The lowest BCUT2D eigenvalue weighted by atomic mass is 9.90. The van der Waals surface area contributed by atoms with Crippen molar-refractivity contribution in [1.82, 2.24) is 4.31 Å². The normalized spacial score (nSPS) is 16.0. The van der Waals surface area contributed by atoms with Crippen molar-refractivity contribution in [3.05, 3.63) is 12.2 Å². The summed E-state index contributed by atoms with van der Waals surface area (Å²) in [5.41, 5.74) is -1.35. The van der Waals surface area contributed by atoms with Gasteiger partial charge in [0.25, 0.3) is 0 Å². The fourth-order valence-electron chi connectivity index (χ4n) is 2.10. The molecule has 0 amide bonds. The third-order valence-corrected chi connectivity index (χ3v) is 5.14. The summed E-state index contributed by atoms with van der Waals surface area (Å²) < 4.78 is 246. The van der Waals surface area contributed by atoms with Gasteiger partial charge in [-0.1, -0.05) is 6.58 Å². The molecule has 0 aliphatic heterocycles. The average molecular weight is 625 g/mol. The van der Waals surface area contributed by atoms with Crippen molar-refractivity contribution in [3.63, 3.8) is 0 Å². The first-order valence-corrected chi connectivity index (χ1v) is 9.89. The summed E-state index contributed by atoms with van der Waals surface area (Å²) >= 11 is -2.62. The van der Waals surface area contributed by atoms with Crippen molar-refractivity contribution in [3.8, 4) is 0 Å². The number of rotatable bonds is 13. The van der Waals surface area contributed by atoms with Gasteiger partial charge in [0.15, 0.2) is 0 Å². The first-order chi connectivity index (χ1) is 16.4. The summed E-state index contributed by atoms with van der Waals surface area (Å²) in [6.45, 7) is 2.18. The third kappa shape index (κ3) is 5.82. The van der Waals surface area contributed by atoms with Crippen LogP contribution in [0.1, 0.15) is 12.8 Å². The van der Waals surface area contributed by atoms with Crippen LogP contribution in [0.5, 0.6) is 0 Å². The number of nitrogens with zero attached hydrogens (tertiary/aromatic N) is 1. The summed E-state index contributed by atoms with van der Waals surface area (Å²) in [5.74, 6) is -54.1. The van der Waals surface area contributed by atoms with Crippen LogP contribution >= 0.6 is 0 Å². The molecule has 0 aromatic rings. The standard InChI is InChI=1S/C15H12F17NO4S/c1-6(4-3-5-33(2)38(35)36)7(34)37-15(31,32)13(26,27)11(22,23)9(18,19)8(16,17)10(20,21)12(24,25)14(28,29)30/h1,3-5H2,2H3,(H,35,36). The number of alkyl halides is 17. The number of hydrogen-bond donors (Lipinski definition) is 1. The van der Waals surface area contributed by atoms with Crippen molar-refractivity contribution >= 4 is 17.2 Å². The molecule has 226 valence electrons. The van der Waals surface area contributed by atoms with E-state index >= 15 is 0 Å². The second-order valence-corrected chi connectivity index (χ2v) is 8.22. The number of esters is 1. The SMILES string of the molecule is C=C(CCCN(C)S(=O)O)C(=O)OC(F)(F)C(F)(F)C(F)(F)C(F)(F)C(F)(F)C(F)(F)C(F)(F)C(F)(F)F. The van der Waals surface area contributed by atoms with Gasteiger partial charge in [0.2, 0.25) is 11.3 Å². The Morgan fingerprint density at radius 3 is 1.42 bits per heavy atom. The maximum atomic E-state index is 13.7. The van der Waals surface area contributed by atoms with Gasteiger partial charge < -0.3 is 4.74 Å². The lowest BCUT2D eigenvalue weighted by Crippen LogP contribution is -2.74.